The molecule has 0 spiro atoms. The molecule has 0 aliphatic carbocycles. The van der Waals surface area contributed by atoms with Gasteiger partial charge in [-0.3, -0.25) is 0 Å². The van der Waals surface area contributed by atoms with E-state index in [0.717, 1.165) is 16.7 Å². The molecule has 2 aromatic carbocycles. The fourth-order valence-electron chi connectivity index (χ4n) is 2.29. The van der Waals surface area contributed by atoms with E-state index in [2.05, 4.69) is 5.32 Å². The van der Waals surface area contributed by atoms with E-state index in [9.17, 15) is 10.2 Å². The molecule has 1 atom stereocenters. The summed E-state index contributed by atoms with van der Waals surface area (Å²) in [6.07, 6.45) is -0.570. The molecule has 0 saturated heterocycles. The van der Waals surface area contributed by atoms with Crippen LogP contribution in [0.3, 0.4) is 0 Å². The Morgan fingerprint density at radius 2 is 1.90 bits per heavy atom. The molecular formula is C17H21NO3. The Morgan fingerprint density at radius 1 is 1.14 bits per heavy atom. The second-order valence-electron chi connectivity index (χ2n) is 4.97. The minimum absolute atomic E-state index is 0.137. The first kappa shape index (κ1) is 15.4. The van der Waals surface area contributed by atoms with Gasteiger partial charge in [0.15, 0.2) is 11.5 Å². The summed E-state index contributed by atoms with van der Waals surface area (Å²) >= 11 is 0. The fourth-order valence-corrected chi connectivity index (χ4v) is 2.29. The Labute approximate surface area is 125 Å². The third-order valence-electron chi connectivity index (χ3n) is 3.50. The predicted molar refractivity (Wildman–Crippen MR) is 82.5 cm³/mol. The lowest BCUT2D eigenvalue weighted by molar-refractivity contribution is 0.173. The Morgan fingerprint density at radius 3 is 2.62 bits per heavy atom. The molecule has 2 rings (SSSR count). The summed E-state index contributed by atoms with van der Waals surface area (Å²) in [5, 5.41) is 23.3. The van der Waals surface area contributed by atoms with Gasteiger partial charge in [-0.2, -0.15) is 0 Å². The summed E-state index contributed by atoms with van der Waals surface area (Å²) in [5.41, 5.74) is 2.72. The highest BCUT2D eigenvalue weighted by atomic mass is 16.5. The second kappa shape index (κ2) is 7.11. The number of hydrogen-bond acceptors (Lipinski definition) is 4. The van der Waals surface area contributed by atoms with Crippen LogP contribution in [0, 0.1) is 6.92 Å². The third kappa shape index (κ3) is 3.74. The van der Waals surface area contributed by atoms with Crippen LogP contribution in [-0.4, -0.2) is 23.9 Å². The molecule has 0 radical (unpaired) electrons. The molecule has 4 nitrogen and oxygen atoms in total. The highest BCUT2D eigenvalue weighted by molar-refractivity contribution is 5.45. The molecular weight excluding hydrogens is 266 g/mol. The van der Waals surface area contributed by atoms with Gasteiger partial charge < -0.3 is 20.3 Å². The monoisotopic (exact) mass is 287 g/mol. The van der Waals surface area contributed by atoms with Crippen molar-refractivity contribution in [2.24, 2.45) is 0 Å². The maximum absolute atomic E-state index is 10.2. The molecule has 0 bridgehead atoms. The van der Waals surface area contributed by atoms with Crippen LogP contribution in [0.5, 0.6) is 11.5 Å². The summed E-state index contributed by atoms with van der Waals surface area (Å²) < 4.78 is 5.07. The Balaban J connectivity index is 1.94. The zero-order valence-corrected chi connectivity index (χ0v) is 12.3. The number of aliphatic hydroxyl groups excluding tert-OH is 1. The number of nitrogens with one attached hydrogen (secondary N) is 1. The summed E-state index contributed by atoms with van der Waals surface area (Å²) in [6, 6.07) is 13.1. The summed E-state index contributed by atoms with van der Waals surface area (Å²) in [5.74, 6) is 0.589. The number of benzene rings is 2. The number of rotatable bonds is 6. The molecule has 1 unspecified atom stereocenters. The van der Waals surface area contributed by atoms with E-state index < -0.39 is 6.10 Å². The number of methoxy groups -OCH3 is 1. The van der Waals surface area contributed by atoms with Gasteiger partial charge in [0.1, 0.15) is 0 Å². The van der Waals surface area contributed by atoms with Gasteiger partial charge in [0, 0.05) is 18.7 Å². The van der Waals surface area contributed by atoms with Gasteiger partial charge >= 0.3 is 0 Å². The van der Waals surface area contributed by atoms with Crippen molar-refractivity contribution in [1.29, 1.82) is 0 Å². The standard InChI is InChI=1S/C17H21NO3/c1-12-6-3-4-8-14(12)15(19)11-18-10-13-7-5-9-16(21-2)17(13)20/h3-9,15,18-20H,10-11H2,1-2H3. The number of aliphatic hydroxyl groups is 1. The Bertz CT molecular complexity index is 598. The molecule has 0 heterocycles. The van der Waals surface area contributed by atoms with Crippen molar-refractivity contribution in [3.8, 4) is 11.5 Å². The minimum Gasteiger partial charge on any atom is -0.504 e. The van der Waals surface area contributed by atoms with Crippen molar-refractivity contribution in [2.45, 2.75) is 19.6 Å². The smallest absolute Gasteiger partial charge is 0.162 e. The van der Waals surface area contributed by atoms with Gasteiger partial charge in [0.05, 0.1) is 13.2 Å². The zero-order valence-electron chi connectivity index (χ0n) is 12.3. The Hall–Kier alpha value is -2.04. The average molecular weight is 287 g/mol. The zero-order chi connectivity index (χ0) is 15.2. The average Bonchev–Trinajstić information content (AvgIpc) is 2.49. The quantitative estimate of drug-likeness (QED) is 0.764. The van der Waals surface area contributed by atoms with Gasteiger partial charge in [0.2, 0.25) is 0 Å². The van der Waals surface area contributed by atoms with Gasteiger partial charge in [-0.15, -0.1) is 0 Å². The number of phenolic OH excluding ortho intramolecular Hbond substituents is 1. The third-order valence-corrected chi connectivity index (χ3v) is 3.50. The summed E-state index contributed by atoms with van der Waals surface area (Å²) in [6.45, 7) is 2.86. The number of phenols is 1. The highest BCUT2D eigenvalue weighted by Gasteiger charge is 2.11. The molecule has 3 N–H and O–H groups in total. The first-order chi connectivity index (χ1) is 10.1. The predicted octanol–water partition coefficient (Wildman–Crippen LogP) is 2.53. The van der Waals surface area contributed by atoms with Gasteiger partial charge in [-0.25, -0.2) is 0 Å². The van der Waals surface area contributed by atoms with Crippen molar-refractivity contribution in [3.05, 3.63) is 59.2 Å². The van der Waals surface area contributed by atoms with Gasteiger partial charge in [0.25, 0.3) is 0 Å². The van der Waals surface area contributed by atoms with Crippen LogP contribution in [0.1, 0.15) is 22.8 Å². The maximum Gasteiger partial charge on any atom is 0.162 e. The lowest BCUT2D eigenvalue weighted by Crippen LogP contribution is -2.21. The molecule has 0 aliphatic rings. The molecule has 0 saturated carbocycles. The SMILES string of the molecule is COc1cccc(CNCC(O)c2ccccc2C)c1O. The van der Waals surface area contributed by atoms with E-state index in [1.165, 1.54) is 7.11 Å². The number of ether oxygens (including phenoxy) is 1. The van der Waals surface area contributed by atoms with E-state index in [1.807, 2.05) is 43.3 Å². The number of aryl methyl sites for hydroxylation is 1. The van der Waals surface area contributed by atoms with E-state index in [0.29, 0.717) is 18.8 Å². The van der Waals surface area contributed by atoms with E-state index >= 15 is 0 Å². The molecule has 2 aromatic rings. The molecule has 21 heavy (non-hydrogen) atoms. The summed E-state index contributed by atoms with van der Waals surface area (Å²) in [4.78, 5) is 0. The molecule has 112 valence electrons. The summed E-state index contributed by atoms with van der Waals surface area (Å²) in [7, 11) is 1.52. The van der Waals surface area contributed by atoms with Gasteiger partial charge in [-0.05, 0) is 24.1 Å². The van der Waals surface area contributed by atoms with E-state index in [-0.39, 0.29) is 5.75 Å². The topological polar surface area (TPSA) is 61.7 Å². The van der Waals surface area contributed by atoms with Crippen LogP contribution in [-0.2, 0) is 6.54 Å². The molecule has 0 aliphatic heterocycles. The van der Waals surface area contributed by atoms with E-state index in [1.54, 1.807) is 6.07 Å². The highest BCUT2D eigenvalue weighted by Crippen LogP contribution is 2.29. The fraction of sp³-hybridized carbons (Fsp3) is 0.294. The van der Waals surface area contributed by atoms with Crippen molar-refractivity contribution in [2.75, 3.05) is 13.7 Å². The van der Waals surface area contributed by atoms with Crippen LogP contribution in [0.25, 0.3) is 0 Å². The van der Waals surface area contributed by atoms with Crippen molar-refractivity contribution in [3.63, 3.8) is 0 Å². The molecule has 4 heteroatoms. The van der Waals surface area contributed by atoms with Crippen molar-refractivity contribution < 1.29 is 14.9 Å². The molecule has 0 fully saturated rings. The van der Waals surface area contributed by atoms with Crippen LogP contribution in [0.15, 0.2) is 42.5 Å². The number of aromatic hydroxyl groups is 1. The minimum atomic E-state index is -0.570. The van der Waals surface area contributed by atoms with Crippen LogP contribution >= 0.6 is 0 Å². The largest absolute Gasteiger partial charge is 0.504 e. The van der Waals surface area contributed by atoms with E-state index in [4.69, 9.17) is 4.74 Å². The second-order valence-corrected chi connectivity index (χ2v) is 4.97. The van der Waals surface area contributed by atoms with Crippen molar-refractivity contribution in [1.82, 2.24) is 5.32 Å². The van der Waals surface area contributed by atoms with Gasteiger partial charge in [-0.1, -0.05) is 36.4 Å². The lowest BCUT2D eigenvalue weighted by Gasteiger charge is -2.15. The lowest BCUT2D eigenvalue weighted by atomic mass is 10.0. The first-order valence-electron chi connectivity index (χ1n) is 6.92. The first-order valence-corrected chi connectivity index (χ1v) is 6.92. The van der Waals surface area contributed by atoms with Crippen LogP contribution < -0.4 is 10.1 Å². The van der Waals surface area contributed by atoms with Crippen LogP contribution in [0.4, 0.5) is 0 Å². The van der Waals surface area contributed by atoms with Crippen LogP contribution in [0.2, 0.25) is 0 Å². The number of hydrogen-bond donors (Lipinski definition) is 3. The Kier molecular flexibility index (Phi) is 5.20. The maximum atomic E-state index is 10.2. The molecule has 0 aromatic heterocycles. The number of para-hydroxylation sites is 1. The van der Waals surface area contributed by atoms with Crippen molar-refractivity contribution >= 4 is 0 Å². The normalized spacial score (nSPS) is 12.1. The molecule has 0 amide bonds.